The number of nitrogens with zero attached hydrogens (tertiary/aromatic N) is 4. The Kier molecular flexibility index (Phi) is 3.00. The zero-order valence-electron chi connectivity index (χ0n) is 9.38. The van der Waals surface area contributed by atoms with Crippen molar-refractivity contribution in [2.45, 2.75) is 0 Å². The van der Waals surface area contributed by atoms with Gasteiger partial charge in [0.05, 0.1) is 10.7 Å². The molecule has 1 aromatic heterocycles. The van der Waals surface area contributed by atoms with Gasteiger partial charge in [0, 0.05) is 7.05 Å². The van der Waals surface area contributed by atoms with Crippen molar-refractivity contribution in [1.82, 2.24) is 14.3 Å². The summed E-state index contributed by atoms with van der Waals surface area (Å²) in [6, 6.07) is 8.43. The average molecular weight is 262 g/mol. The maximum Gasteiger partial charge on any atom is 0.350 e. The largest absolute Gasteiger partial charge is 0.350 e. The Morgan fingerprint density at radius 1 is 1.44 bits per heavy atom. The molecule has 0 saturated heterocycles. The average Bonchev–Trinajstić information content (AvgIpc) is 2.38. The molecule has 0 aliphatic rings. The number of rotatable bonds is 1. The van der Waals surface area contributed by atoms with E-state index in [-0.39, 0.29) is 11.2 Å². The van der Waals surface area contributed by atoms with E-state index < -0.39 is 5.69 Å². The monoisotopic (exact) mass is 261 g/mol. The van der Waals surface area contributed by atoms with Gasteiger partial charge in [-0.3, -0.25) is 9.98 Å². The zero-order chi connectivity index (χ0) is 13.3. The van der Waals surface area contributed by atoms with Crippen LogP contribution in [0.3, 0.4) is 0 Å². The van der Waals surface area contributed by atoms with Crippen molar-refractivity contribution in [2.24, 2.45) is 7.05 Å². The summed E-state index contributed by atoms with van der Waals surface area (Å²) in [5.74, 6) is 0. The van der Waals surface area contributed by atoms with Crippen LogP contribution in [0, 0.1) is 16.7 Å². The van der Waals surface area contributed by atoms with Gasteiger partial charge in [0.15, 0.2) is 5.49 Å². The topological polar surface area (TPSA) is 87.5 Å². The molecule has 0 unspecified atom stereocenters. The van der Waals surface area contributed by atoms with E-state index in [9.17, 15) is 4.79 Å². The lowest BCUT2D eigenvalue weighted by molar-refractivity contribution is 0.631. The Morgan fingerprint density at radius 2 is 2.11 bits per heavy atom. The minimum Gasteiger partial charge on any atom is -0.282 e. The first-order valence-corrected chi connectivity index (χ1v) is 5.34. The molecule has 0 fully saturated rings. The SMILES string of the molecule is Cn1c(=N)c(C#N)nn(-c2ccccc2Cl)c1=O. The first kappa shape index (κ1) is 12.1. The summed E-state index contributed by atoms with van der Waals surface area (Å²) in [4.78, 5) is 12.0. The van der Waals surface area contributed by atoms with Crippen molar-refractivity contribution in [3.8, 4) is 11.8 Å². The molecule has 7 heteroatoms. The van der Waals surface area contributed by atoms with E-state index in [0.717, 1.165) is 9.25 Å². The molecule has 0 amide bonds. The molecule has 6 nitrogen and oxygen atoms in total. The van der Waals surface area contributed by atoms with Gasteiger partial charge in [0.1, 0.15) is 6.07 Å². The molecular formula is C11H8ClN5O. The Morgan fingerprint density at radius 3 is 2.72 bits per heavy atom. The molecule has 1 N–H and O–H groups in total. The van der Waals surface area contributed by atoms with Gasteiger partial charge in [0.25, 0.3) is 0 Å². The summed E-state index contributed by atoms with van der Waals surface area (Å²) < 4.78 is 2.05. The predicted molar refractivity (Wildman–Crippen MR) is 64.4 cm³/mol. The van der Waals surface area contributed by atoms with Crippen molar-refractivity contribution in [3.05, 3.63) is 51.0 Å². The highest BCUT2D eigenvalue weighted by Gasteiger charge is 2.11. The van der Waals surface area contributed by atoms with Crippen LogP contribution in [-0.2, 0) is 7.05 Å². The first-order chi connectivity index (χ1) is 8.56. The van der Waals surface area contributed by atoms with Crippen molar-refractivity contribution in [1.29, 1.82) is 10.7 Å². The van der Waals surface area contributed by atoms with Gasteiger partial charge >= 0.3 is 5.69 Å². The highest BCUT2D eigenvalue weighted by atomic mass is 35.5. The van der Waals surface area contributed by atoms with Crippen molar-refractivity contribution < 1.29 is 0 Å². The van der Waals surface area contributed by atoms with Gasteiger partial charge < -0.3 is 0 Å². The summed E-state index contributed by atoms with van der Waals surface area (Å²) in [5.41, 5.74) is -0.536. The van der Waals surface area contributed by atoms with E-state index in [4.69, 9.17) is 22.3 Å². The fourth-order valence-electron chi connectivity index (χ4n) is 1.44. The maximum absolute atomic E-state index is 12.0. The van der Waals surface area contributed by atoms with Gasteiger partial charge in [-0.25, -0.2) is 4.79 Å². The molecule has 2 rings (SSSR count). The molecule has 0 saturated carbocycles. The standard InChI is InChI=1S/C11H8ClN5O/c1-16-10(14)8(6-13)15-17(11(16)18)9-5-3-2-4-7(9)12/h2-5,14H,1H3. The van der Waals surface area contributed by atoms with Crippen LogP contribution < -0.4 is 11.2 Å². The highest BCUT2D eigenvalue weighted by molar-refractivity contribution is 6.32. The fraction of sp³-hybridized carbons (Fsp3) is 0.0909. The minimum absolute atomic E-state index is 0.142. The van der Waals surface area contributed by atoms with E-state index in [1.54, 1.807) is 30.3 Å². The van der Waals surface area contributed by atoms with Crippen LogP contribution in [0.5, 0.6) is 0 Å². The quantitative estimate of drug-likeness (QED) is 0.814. The third-order valence-corrected chi connectivity index (χ3v) is 2.73. The Hall–Kier alpha value is -2.39. The normalized spacial score (nSPS) is 10.1. The van der Waals surface area contributed by atoms with E-state index in [2.05, 4.69) is 5.10 Å². The predicted octanol–water partition coefficient (Wildman–Crippen LogP) is 0.576. The van der Waals surface area contributed by atoms with E-state index in [1.807, 2.05) is 0 Å². The van der Waals surface area contributed by atoms with Gasteiger partial charge in [-0.1, -0.05) is 23.7 Å². The number of nitrogens with one attached hydrogen (secondary N) is 1. The van der Waals surface area contributed by atoms with Crippen LogP contribution in [0.1, 0.15) is 5.69 Å². The summed E-state index contributed by atoms with van der Waals surface area (Å²) >= 11 is 5.98. The molecule has 0 spiro atoms. The summed E-state index contributed by atoms with van der Waals surface area (Å²) in [7, 11) is 1.40. The number of aromatic nitrogens is 3. The Bertz CT molecular complexity index is 768. The lowest BCUT2D eigenvalue weighted by atomic mass is 10.3. The molecule has 0 bridgehead atoms. The van der Waals surface area contributed by atoms with E-state index in [1.165, 1.54) is 7.05 Å². The molecule has 1 heterocycles. The second-order valence-corrected chi connectivity index (χ2v) is 3.92. The molecule has 0 radical (unpaired) electrons. The second kappa shape index (κ2) is 4.47. The van der Waals surface area contributed by atoms with Gasteiger partial charge in [0.2, 0.25) is 5.69 Å². The third-order valence-electron chi connectivity index (χ3n) is 2.41. The molecule has 18 heavy (non-hydrogen) atoms. The summed E-state index contributed by atoms with van der Waals surface area (Å²) in [6.07, 6.45) is 0. The zero-order valence-corrected chi connectivity index (χ0v) is 10.1. The lowest BCUT2D eigenvalue weighted by Crippen LogP contribution is -2.40. The van der Waals surface area contributed by atoms with E-state index in [0.29, 0.717) is 10.7 Å². The van der Waals surface area contributed by atoms with Crippen LogP contribution >= 0.6 is 11.6 Å². The van der Waals surface area contributed by atoms with Crippen LogP contribution in [0.2, 0.25) is 5.02 Å². The molecule has 0 aliphatic heterocycles. The minimum atomic E-state index is -0.535. The third kappa shape index (κ3) is 1.81. The van der Waals surface area contributed by atoms with Crippen LogP contribution in [-0.4, -0.2) is 14.3 Å². The number of hydrogen-bond donors (Lipinski definition) is 1. The Labute approximate surface area is 107 Å². The van der Waals surface area contributed by atoms with Crippen LogP contribution in [0.25, 0.3) is 5.69 Å². The van der Waals surface area contributed by atoms with Crippen molar-refractivity contribution in [3.63, 3.8) is 0 Å². The number of benzene rings is 1. The maximum atomic E-state index is 12.0. The molecule has 0 aliphatic carbocycles. The molecule has 1 aromatic carbocycles. The first-order valence-electron chi connectivity index (χ1n) is 4.96. The van der Waals surface area contributed by atoms with E-state index >= 15 is 0 Å². The summed E-state index contributed by atoms with van der Waals surface area (Å²) in [5, 5.41) is 20.6. The van der Waals surface area contributed by atoms with Crippen molar-refractivity contribution in [2.75, 3.05) is 0 Å². The molecular weight excluding hydrogens is 254 g/mol. The van der Waals surface area contributed by atoms with Crippen LogP contribution in [0.15, 0.2) is 29.1 Å². The lowest BCUT2D eigenvalue weighted by Gasteiger charge is -2.08. The highest BCUT2D eigenvalue weighted by Crippen LogP contribution is 2.16. The second-order valence-electron chi connectivity index (χ2n) is 3.51. The number of para-hydroxylation sites is 1. The number of nitriles is 1. The smallest absolute Gasteiger partial charge is 0.282 e. The Balaban J connectivity index is 2.87. The van der Waals surface area contributed by atoms with Crippen LogP contribution in [0.4, 0.5) is 0 Å². The number of hydrogen-bond acceptors (Lipinski definition) is 4. The molecule has 2 aromatic rings. The van der Waals surface area contributed by atoms with Gasteiger partial charge in [-0.2, -0.15) is 9.94 Å². The molecule has 0 atom stereocenters. The van der Waals surface area contributed by atoms with Gasteiger partial charge in [-0.15, -0.1) is 5.10 Å². The molecule has 90 valence electrons. The van der Waals surface area contributed by atoms with Crippen molar-refractivity contribution >= 4 is 11.6 Å². The fourth-order valence-corrected chi connectivity index (χ4v) is 1.66. The number of halogens is 1. The van der Waals surface area contributed by atoms with Gasteiger partial charge in [-0.05, 0) is 12.1 Å². The summed E-state index contributed by atoms with van der Waals surface area (Å²) in [6.45, 7) is 0.